The van der Waals surface area contributed by atoms with Gasteiger partial charge in [0.05, 0.1) is 0 Å². The maximum absolute atomic E-state index is 2.57. The summed E-state index contributed by atoms with van der Waals surface area (Å²) in [6.45, 7) is 0.123. The van der Waals surface area contributed by atoms with Crippen LogP contribution in [0.15, 0.2) is 158 Å². The smallest absolute Gasteiger partial charge is 0.252 e. The second kappa shape index (κ2) is 11.6. The molecule has 0 bridgehead atoms. The molecule has 7 aromatic rings. The largest absolute Gasteiger partial charge is 0.311 e. The molecule has 2 heterocycles. The van der Waals surface area contributed by atoms with Gasteiger partial charge in [-0.2, -0.15) is 0 Å². The minimum absolute atomic E-state index is 0.123. The highest BCUT2D eigenvalue weighted by atomic mass is 15.2. The number of nitrogens with zero attached hydrogens (tertiary/aromatic N) is 2. The monoisotopic (exact) mass is 628 g/mol. The molecule has 0 aromatic heterocycles. The zero-order chi connectivity index (χ0) is 32.3. The summed E-state index contributed by atoms with van der Waals surface area (Å²) in [6.07, 6.45) is 6.49. The third kappa shape index (κ3) is 4.56. The van der Waals surface area contributed by atoms with Crippen molar-refractivity contribution < 1.29 is 0 Å². The molecule has 1 fully saturated rings. The molecule has 0 atom stereocenters. The van der Waals surface area contributed by atoms with Gasteiger partial charge in [0.2, 0.25) is 0 Å². The first-order chi connectivity index (χ1) is 24.3. The number of para-hydroxylation sites is 3. The Morgan fingerprint density at radius 1 is 0.469 bits per heavy atom. The second-order valence-corrected chi connectivity index (χ2v) is 13.9. The Labute approximate surface area is 289 Å². The maximum Gasteiger partial charge on any atom is 0.252 e. The Kier molecular flexibility index (Phi) is 6.72. The van der Waals surface area contributed by atoms with E-state index in [4.69, 9.17) is 0 Å². The Hall–Kier alpha value is -5.54. The van der Waals surface area contributed by atoms with Crippen molar-refractivity contribution in [3.05, 3.63) is 163 Å². The molecule has 0 N–H and O–H groups in total. The van der Waals surface area contributed by atoms with Crippen LogP contribution in [-0.4, -0.2) is 6.71 Å². The Bertz CT molecular complexity index is 2340. The summed E-state index contributed by atoms with van der Waals surface area (Å²) >= 11 is 0. The summed E-state index contributed by atoms with van der Waals surface area (Å²) in [5.41, 5.74) is 15.7. The number of fused-ring (bicyclic) bond motifs is 5. The van der Waals surface area contributed by atoms with Crippen molar-refractivity contribution in [2.45, 2.75) is 38.0 Å². The highest BCUT2D eigenvalue weighted by Crippen LogP contribution is 2.47. The van der Waals surface area contributed by atoms with E-state index >= 15 is 0 Å². The van der Waals surface area contributed by atoms with Gasteiger partial charge < -0.3 is 9.80 Å². The van der Waals surface area contributed by atoms with Crippen molar-refractivity contribution in [1.82, 2.24) is 0 Å². The molecule has 1 saturated carbocycles. The van der Waals surface area contributed by atoms with Gasteiger partial charge in [0.25, 0.3) is 6.71 Å². The number of hydrogen-bond donors (Lipinski definition) is 0. The van der Waals surface area contributed by atoms with E-state index in [-0.39, 0.29) is 6.71 Å². The summed E-state index contributed by atoms with van der Waals surface area (Å²) in [5.74, 6) is 0.574. The molecule has 234 valence electrons. The van der Waals surface area contributed by atoms with Gasteiger partial charge >= 0.3 is 0 Å². The van der Waals surface area contributed by atoms with Gasteiger partial charge in [-0.1, -0.05) is 128 Å². The number of hydrogen-bond acceptors (Lipinski definition) is 2. The van der Waals surface area contributed by atoms with Crippen LogP contribution in [0.1, 0.15) is 43.6 Å². The Morgan fingerprint density at radius 2 is 1.08 bits per heavy atom. The standard InChI is InChI=1S/C46H37BN2/c1-4-15-32(16-5-1)35-30-44-46-45(31-35)49(37-21-8-3-9-22-37)43-29-34(39-24-14-18-33-17-10-11-23-38(33)39)27-28-41(43)47(46)40-25-12-13-26-42(40)48(44)36-19-6-2-7-20-36/h2-3,6-14,17-32H,1,4-5,15-16H2. The molecule has 0 unspecified atom stereocenters. The normalized spacial score (nSPS) is 15.1. The summed E-state index contributed by atoms with van der Waals surface area (Å²) < 4.78 is 0. The minimum atomic E-state index is 0.123. The molecule has 0 saturated heterocycles. The first-order valence-corrected chi connectivity index (χ1v) is 17.9. The van der Waals surface area contributed by atoms with Crippen molar-refractivity contribution in [3.8, 4) is 11.1 Å². The first-order valence-electron chi connectivity index (χ1n) is 17.9. The number of anilines is 6. The van der Waals surface area contributed by atoms with Gasteiger partial charge in [-0.05, 0) is 111 Å². The van der Waals surface area contributed by atoms with Crippen LogP contribution in [-0.2, 0) is 0 Å². The molecular weight excluding hydrogens is 591 g/mol. The average Bonchev–Trinajstić information content (AvgIpc) is 3.18. The van der Waals surface area contributed by atoms with Crippen molar-refractivity contribution in [2.75, 3.05) is 9.80 Å². The lowest BCUT2D eigenvalue weighted by molar-refractivity contribution is 0.444. The molecule has 49 heavy (non-hydrogen) atoms. The molecular formula is C46H37BN2. The van der Waals surface area contributed by atoms with Gasteiger partial charge in [-0.25, -0.2) is 0 Å². The fourth-order valence-corrected chi connectivity index (χ4v) is 8.99. The molecule has 3 aliphatic rings. The van der Waals surface area contributed by atoms with Crippen LogP contribution in [0.2, 0.25) is 0 Å². The summed E-state index contributed by atoms with van der Waals surface area (Å²) in [6, 6.07) is 59.0. The van der Waals surface area contributed by atoms with Crippen molar-refractivity contribution in [2.24, 2.45) is 0 Å². The summed E-state index contributed by atoms with van der Waals surface area (Å²) in [7, 11) is 0. The van der Waals surface area contributed by atoms with Crippen molar-refractivity contribution in [1.29, 1.82) is 0 Å². The van der Waals surface area contributed by atoms with Crippen molar-refractivity contribution in [3.63, 3.8) is 0 Å². The van der Waals surface area contributed by atoms with Gasteiger partial charge in [0.1, 0.15) is 0 Å². The van der Waals surface area contributed by atoms with E-state index in [0.29, 0.717) is 5.92 Å². The molecule has 0 spiro atoms. The molecule has 7 aromatic carbocycles. The number of rotatable bonds is 4. The van der Waals surface area contributed by atoms with E-state index in [2.05, 4.69) is 168 Å². The molecule has 2 aliphatic heterocycles. The lowest BCUT2D eigenvalue weighted by Crippen LogP contribution is -2.61. The predicted octanol–water partition coefficient (Wildman–Crippen LogP) is 10.6. The zero-order valence-electron chi connectivity index (χ0n) is 27.6. The predicted molar refractivity (Wildman–Crippen MR) is 209 cm³/mol. The highest BCUT2D eigenvalue weighted by molar-refractivity contribution is 7.00. The molecule has 3 heteroatoms. The lowest BCUT2D eigenvalue weighted by atomic mass is 9.33. The van der Waals surface area contributed by atoms with E-state index in [9.17, 15) is 0 Å². The van der Waals surface area contributed by atoms with Gasteiger partial charge in [-0.15, -0.1) is 0 Å². The van der Waals surface area contributed by atoms with Gasteiger partial charge in [0.15, 0.2) is 0 Å². The van der Waals surface area contributed by atoms with Gasteiger partial charge in [0, 0.05) is 34.1 Å². The summed E-state index contributed by atoms with van der Waals surface area (Å²) in [5, 5.41) is 2.56. The van der Waals surface area contributed by atoms with Gasteiger partial charge in [-0.3, -0.25) is 0 Å². The van der Waals surface area contributed by atoms with E-state index in [1.54, 1.807) is 0 Å². The maximum atomic E-state index is 2.57. The van der Waals surface area contributed by atoms with Crippen LogP contribution in [0.4, 0.5) is 34.1 Å². The van der Waals surface area contributed by atoms with Crippen LogP contribution in [0, 0.1) is 0 Å². The Morgan fingerprint density at radius 3 is 1.84 bits per heavy atom. The van der Waals surface area contributed by atoms with Crippen LogP contribution in [0.25, 0.3) is 21.9 Å². The zero-order valence-corrected chi connectivity index (χ0v) is 27.6. The first kappa shape index (κ1) is 28.5. The number of benzene rings is 7. The van der Waals surface area contributed by atoms with Crippen molar-refractivity contribution >= 4 is 68.0 Å². The van der Waals surface area contributed by atoms with Crippen LogP contribution in [0.3, 0.4) is 0 Å². The Balaban J connectivity index is 1.29. The minimum Gasteiger partial charge on any atom is -0.311 e. The van der Waals surface area contributed by atoms with E-state index in [1.165, 1.54) is 110 Å². The fourth-order valence-electron chi connectivity index (χ4n) is 8.99. The molecule has 2 nitrogen and oxygen atoms in total. The molecule has 10 rings (SSSR count). The SMILES string of the molecule is c1ccc(N2c3ccccc3B3c4ccc(-c5cccc6ccccc56)cc4N(c4ccccc4)c4cc(C5CCCCC5)cc2c43)cc1. The molecule has 0 radical (unpaired) electrons. The summed E-state index contributed by atoms with van der Waals surface area (Å²) in [4.78, 5) is 5.11. The molecule has 0 amide bonds. The fraction of sp³-hybridized carbons (Fsp3) is 0.130. The van der Waals surface area contributed by atoms with Crippen LogP contribution >= 0.6 is 0 Å². The topological polar surface area (TPSA) is 6.48 Å². The van der Waals surface area contributed by atoms with Crippen LogP contribution in [0.5, 0.6) is 0 Å². The second-order valence-electron chi connectivity index (χ2n) is 13.9. The average molecular weight is 629 g/mol. The molecule has 1 aliphatic carbocycles. The van der Waals surface area contributed by atoms with Crippen LogP contribution < -0.4 is 26.2 Å². The third-order valence-corrected chi connectivity index (χ3v) is 11.2. The van der Waals surface area contributed by atoms with E-state index < -0.39 is 0 Å². The van der Waals surface area contributed by atoms with E-state index in [1.807, 2.05) is 0 Å². The van der Waals surface area contributed by atoms with E-state index in [0.717, 1.165) is 0 Å². The quantitative estimate of drug-likeness (QED) is 0.179. The highest BCUT2D eigenvalue weighted by Gasteiger charge is 2.43. The lowest BCUT2D eigenvalue weighted by Gasteiger charge is -2.45. The third-order valence-electron chi connectivity index (χ3n) is 11.2.